The van der Waals surface area contributed by atoms with Gasteiger partial charge in [-0.05, 0) is 31.0 Å². The number of benzene rings is 1. The minimum absolute atomic E-state index is 0.125. The van der Waals surface area contributed by atoms with E-state index in [0.29, 0.717) is 11.5 Å². The van der Waals surface area contributed by atoms with Gasteiger partial charge in [0.1, 0.15) is 5.75 Å². The second kappa shape index (κ2) is 5.98. The average molecular weight is 319 g/mol. The average Bonchev–Trinajstić information content (AvgIpc) is 2.81. The molecular formula is C12H15BrO3S. The van der Waals surface area contributed by atoms with E-state index in [1.165, 1.54) is 0 Å². The zero-order chi connectivity index (χ0) is 12.3. The van der Waals surface area contributed by atoms with E-state index in [0.717, 1.165) is 28.8 Å². The maximum Gasteiger partial charge on any atom is 0.135 e. The van der Waals surface area contributed by atoms with Crippen LogP contribution in [0.1, 0.15) is 12.8 Å². The molecule has 1 aromatic carbocycles. The zero-order valence-corrected chi connectivity index (χ0v) is 12.1. The van der Waals surface area contributed by atoms with Crippen molar-refractivity contribution in [3.8, 4) is 5.75 Å². The van der Waals surface area contributed by atoms with Crippen molar-refractivity contribution in [1.29, 1.82) is 0 Å². The van der Waals surface area contributed by atoms with E-state index in [2.05, 4.69) is 15.9 Å². The van der Waals surface area contributed by atoms with Crippen molar-refractivity contribution in [3.63, 3.8) is 0 Å². The van der Waals surface area contributed by atoms with Crippen LogP contribution in [0.5, 0.6) is 5.75 Å². The Hall–Kier alpha value is -0.390. The maximum absolute atomic E-state index is 12.3. The summed E-state index contributed by atoms with van der Waals surface area (Å²) in [6, 6.07) is 5.56. The van der Waals surface area contributed by atoms with Gasteiger partial charge in [-0.25, -0.2) is 0 Å². The lowest BCUT2D eigenvalue weighted by molar-refractivity contribution is 0.128. The highest BCUT2D eigenvalue weighted by Gasteiger charge is 2.21. The van der Waals surface area contributed by atoms with Gasteiger partial charge in [0, 0.05) is 11.1 Å². The largest absolute Gasteiger partial charge is 0.495 e. The normalized spacial score (nSPS) is 21.4. The van der Waals surface area contributed by atoms with Crippen molar-refractivity contribution in [3.05, 3.63) is 22.7 Å². The van der Waals surface area contributed by atoms with Crippen LogP contribution in [0, 0.1) is 0 Å². The van der Waals surface area contributed by atoms with Gasteiger partial charge in [0.15, 0.2) is 0 Å². The fourth-order valence-electron chi connectivity index (χ4n) is 1.86. The van der Waals surface area contributed by atoms with Crippen molar-refractivity contribution < 1.29 is 13.7 Å². The molecule has 0 N–H and O–H groups in total. The smallest absolute Gasteiger partial charge is 0.135 e. The van der Waals surface area contributed by atoms with Crippen LogP contribution in [0.4, 0.5) is 0 Å². The molecular weight excluding hydrogens is 304 g/mol. The van der Waals surface area contributed by atoms with E-state index in [9.17, 15) is 4.21 Å². The Balaban J connectivity index is 2.14. The lowest BCUT2D eigenvalue weighted by atomic mass is 10.3. The number of methoxy groups -OCH3 is 1. The molecule has 1 heterocycles. The second-order valence-corrected chi connectivity index (χ2v) is 6.32. The summed E-state index contributed by atoms with van der Waals surface area (Å²) in [6.45, 7) is 0.789. The van der Waals surface area contributed by atoms with E-state index in [4.69, 9.17) is 9.47 Å². The van der Waals surface area contributed by atoms with Gasteiger partial charge in [0.05, 0.1) is 34.7 Å². The fourth-order valence-corrected chi connectivity index (χ4v) is 3.79. The van der Waals surface area contributed by atoms with Crippen molar-refractivity contribution in [1.82, 2.24) is 0 Å². The van der Waals surface area contributed by atoms with Crippen LogP contribution in [-0.4, -0.2) is 29.8 Å². The van der Waals surface area contributed by atoms with E-state index >= 15 is 0 Å². The van der Waals surface area contributed by atoms with Crippen molar-refractivity contribution >= 4 is 26.7 Å². The first-order chi connectivity index (χ1) is 8.20. The van der Waals surface area contributed by atoms with Gasteiger partial charge in [0.25, 0.3) is 0 Å². The van der Waals surface area contributed by atoms with Gasteiger partial charge in [0.2, 0.25) is 0 Å². The minimum Gasteiger partial charge on any atom is -0.495 e. The van der Waals surface area contributed by atoms with Crippen LogP contribution in [0.25, 0.3) is 0 Å². The molecule has 0 spiro atoms. The summed E-state index contributed by atoms with van der Waals surface area (Å²) in [6.07, 6.45) is 2.19. The Morgan fingerprint density at radius 2 is 2.41 bits per heavy atom. The summed E-state index contributed by atoms with van der Waals surface area (Å²) in [5.41, 5.74) is 0. The highest BCUT2D eigenvalue weighted by atomic mass is 79.9. The maximum atomic E-state index is 12.3. The summed E-state index contributed by atoms with van der Waals surface area (Å²) in [5, 5.41) is 0. The van der Waals surface area contributed by atoms with E-state index < -0.39 is 10.8 Å². The van der Waals surface area contributed by atoms with Crippen LogP contribution in [-0.2, 0) is 15.5 Å². The molecule has 17 heavy (non-hydrogen) atoms. The van der Waals surface area contributed by atoms with Crippen LogP contribution in [0.15, 0.2) is 27.6 Å². The number of rotatable bonds is 4. The third kappa shape index (κ3) is 3.30. The number of halogens is 1. The molecule has 1 saturated heterocycles. The molecule has 1 aliphatic rings. The molecule has 2 rings (SSSR count). The molecule has 0 bridgehead atoms. The number of ether oxygens (including phenoxy) is 2. The van der Waals surface area contributed by atoms with Gasteiger partial charge in [-0.15, -0.1) is 0 Å². The van der Waals surface area contributed by atoms with Crippen LogP contribution in [0.2, 0.25) is 0 Å². The Morgan fingerprint density at radius 1 is 1.59 bits per heavy atom. The Bertz CT molecular complexity index is 416. The third-order valence-corrected chi connectivity index (χ3v) is 4.71. The molecule has 1 aliphatic heterocycles. The first-order valence-electron chi connectivity index (χ1n) is 5.54. The molecule has 0 radical (unpaired) electrons. The fraction of sp³-hybridized carbons (Fsp3) is 0.500. The summed E-state index contributed by atoms with van der Waals surface area (Å²) in [7, 11) is 0.518. The lowest BCUT2D eigenvalue weighted by Crippen LogP contribution is -2.16. The van der Waals surface area contributed by atoms with Crippen LogP contribution < -0.4 is 4.74 Å². The third-order valence-electron chi connectivity index (χ3n) is 2.73. The number of hydrogen-bond acceptors (Lipinski definition) is 3. The zero-order valence-electron chi connectivity index (χ0n) is 9.65. The van der Waals surface area contributed by atoms with Crippen LogP contribution >= 0.6 is 15.9 Å². The molecule has 3 nitrogen and oxygen atoms in total. The van der Waals surface area contributed by atoms with E-state index in [-0.39, 0.29) is 6.10 Å². The summed E-state index contributed by atoms with van der Waals surface area (Å²) >= 11 is 3.39. The molecule has 0 aromatic heterocycles. The molecule has 0 unspecified atom stereocenters. The standard InChI is InChI=1S/C12H15BrO3S/c1-15-11-5-4-9(13)7-12(11)17(14)8-10-3-2-6-16-10/h4-5,7,10H,2-3,6,8H2,1H3/t10-,17-/m0/s1. The number of hydrogen-bond donors (Lipinski definition) is 0. The molecule has 1 aromatic rings. The predicted molar refractivity (Wildman–Crippen MR) is 70.9 cm³/mol. The molecule has 94 valence electrons. The summed E-state index contributed by atoms with van der Waals surface area (Å²) in [4.78, 5) is 0.734. The Kier molecular flexibility index (Phi) is 4.59. The van der Waals surface area contributed by atoms with Crippen LogP contribution in [0.3, 0.4) is 0 Å². The molecule has 0 aliphatic carbocycles. The Labute approximate surface area is 112 Å². The van der Waals surface area contributed by atoms with Gasteiger partial charge in [-0.2, -0.15) is 0 Å². The quantitative estimate of drug-likeness (QED) is 0.856. The molecule has 1 fully saturated rings. The molecule has 0 saturated carbocycles. The van der Waals surface area contributed by atoms with Gasteiger partial charge >= 0.3 is 0 Å². The Morgan fingerprint density at radius 3 is 3.06 bits per heavy atom. The second-order valence-electron chi connectivity index (χ2n) is 3.94. The molecule has 2 atom stereocenters. The summed E-state index contributed by atoms with van der Waals surface area (Å²) < 4.78 is 23.9. The monoisotopic (exact) mass is 318 g/mol. The summed E-state index contributed by atoms with van der Waals surface area (Å²) in [5.74, 6) is 1.22. The van der Waals surface area contributed by atoms with E-state index in [1.807, 2.05) is 18.2 Å². The molecule has 0 amide bonds. The van der Waals surface area contributed by atoms with Gasteiger partial charge in [-0.1, -0.05) is 15.9 Å². The van der Waals surface area contributed by atoms with Gasteiger partial charge < -0.3 is 9.47 Å². The first-order valence-corrected chi connectivity index (χ1v) is 7.65. The highest BCUT2D eigenvalue weighted by Crippen LogP contribution is 2.27. The van der Waals surface area contributed by atoms with Crippen molar-refractivity contribution in [2.75, 3.05) is 19.5 Å². The SMILES string of the molecule is COc1ccc(Br)cc1[S@@](=O)C[C@@H]1CCCO1. The lowest BCUT2D eigenvalue weighted by Gasteiger charge is -2.12. The van der Waals surface area contributed by atoms with Gasteiger partial charge in [-0.3, -0.25) is 4.21 Å². The van der Waals surface area contributed by atoms with E-state index in [1.54, 1.807) is 7.11 Å². The highest BCUT2D eigenvalue weighted by molar-refractivity contribution is 9.10. The molecule has 5 heteroatoms. The van der Waals surface area contributed by atoms with Crippen molar-refractivity contribution in [2.45, 2.75) is 23.8 Å². The predicted octanol–water partition coefficient (Wildman–Crippen LogP) is 2.74. The topological polar surface area (TPSA) is 35.5 Å². The first kappa shape index (κ1) is 13.1. The van der Waals surface area contributed by atoms with Crippen molar-refractivity contribution in [2.24, 2.45) is 0 Å². The minimum atomic E-state index is -1.07.